The van der Waals surface area contributed by atoms with E-state index in [1.165, 1.54) is 6.92 Å². The zero-order valence-electron chi connectivity index (χ0n) is 16.8. The summed E-state index contributed by atoms with van der Waals surface area (Å²) in [6.07, 6.45) is -2.08. The van der Waals surface area contributed by atoms with Gasteiger partial charge in [-0.1, -0.05) is 30.3 Å². The second kappa shape index (κ2) is 12.2. The van der Waals surface area contributed by atoms with Crippen molar-refractivity contribution in [3.05, 3.63) is 35.9 Å². The van der Waals surface area contributed by atoms with E-state index < -0.39 is 66.9 Å². The predicted molar refractivity (Wildman–Crippen MR) is 107 cm³/mol. The molecule has 0 radical (unpaired) electrons. The van der Waals surface area contributed by atoms with E-state index in [0.717, 1.165) is 5.56 Å². The number of benzene rings is 1. The van der Waals surface area contributed by atoms with Gasteiger partial charge >= 0.3 is 11.9 Å². The van der Waals surface area contributed by atoms with Gasteiger partial charge in [-0.2, -0.15) is 0 Å². The summed E-state index contributed by atoms with van der Waals surface area (Å²) >= 11 is 0. The molecule has 4 atom stereocenters. The fourth-order valence-electron chi connectivity index (χ4n) is 2.56. The van der Waals surface area contributed by atoms with Crippen LogP contribution < -0.4 is 21.7 Å². The Hall–Kier alpha value is -3.51. The molecular weight excluding hydrogens is 412 g/mol. The van der Waals surface area contributed by atoms with E-state index in [1.807, 2.05) is 5.32 Å². The lowest BCUT2D eigenvalue weighted by molar-refractivity contribution is -0.142. The first kappa shape index (κ1) is 25.5. The average molecular weight is 438 g/mol. The number of nitrogens with one attached hydrogen (secondary N) is 3. The summed E-state index contributed by atoms with van der Waals surface area (Å²) in [7, 11) is 0. The van der Waals surface area contributed by atoms with Crippen molar-refractivity contribution in [2.45, 2.75) is 44.0 Å². The number of amides is 3. The van der Waals surface area contributed by atoms with Crippen LogP contribution in [0.25, 0.3) is 0 Å². The third-order valence-electron chi connectivity index (χ3n) is 4.12. The van der Waals surface area contributed by atoms with Crippen molar-refractivity contribution < 1.29 is 39.3 Å². The Kier molecular flexibility index (Phi) is 10.1. The molecule has 1 aromatic carbocycles. The largest absolute Gasteiger partial charge is 0.481 e. The molecule has 0 heterocycles. The molecule has 31 heavy (non-hydrogen) atoms. The highest BCUT2D eigenvalue weighted by Gasteiger charge is 2.32. The van der Waals surface area contributed by atoms with Gasteiger partial charge in [0.1, 0.15) is 18.6 Å². The number of aliphatic hydroxyl groups excluding tert-OH is 1. The molecule has 8 N–H and O–H groups in total. The maximum absolute atomic E-state index is 12.5. The van der Waals surface area contributed by atoms with Gasteiger partial charge in [0.2, 0.25) is 17.7 Å². The summed E-state index contributed by atoms with van der Waals surface area (Å²) < 4.78 is 0. The molecule has 1 aromatic rings. The van der Waals surface area contributed by atoms with Crippen molar-refractivity contribution in [3.8, 4) is 0 Å². The van der Waals surface area contributed by atoms with E-state index in [9.17, 15) is 29.1 Å². The van der Waals surface area contributed by atoms with Crippen molar-refractivity contribution in [2.75, 3.05) is 6.54 Å². The molecule has 12 nitrogen and oxygen atoms in total. The van der Waals surface area contributed by atoms with Gasteiger partial charge in [-0.15, -0.1) is 0 Å². The predicted octanol–water partition coefficient (Wildman–Crippen LogP) is -2.42. The van der Waals surface area contributed by atoms with E-state index in [1.54, 1.807) is 30.3 Å². The molecule has 0 saturated heterocycles. The molecule has 170 valence electrons. The normalized spacial score (nSPS) is 14.4. The zero-order chi connectivity index (χ0) is 23.6. The molecule has 0 saturated carbocycles. The van der Waals surface area contributed by atoms with Crippen LogP contribution in [0.15, 0.2) is 30.3 Å². The quantitative estimate of drug-likeness (QED) is 0.185. The molecule has 0 aliphatic carbocycles. The van der Waals surface area contributed by atoms with Gasteiger partial charge in [0.05, 0.1) is 18.6 Å². The van der Waals surface area contributed by atoms with Gasteiger partial charge in [-0.3, -0.25) is 24.0 Å². The lowest BCUT2D eigenvalue weighted by Gasteiger charge is -2.25. The first-order chi connectivity index (χ1) is 14.5. The standard InChI is InChI=1S/C19H26N4O8/c1-10(24)16(23-17(29)12(20)7-11-5-3-2-4-6-11)19(31)22-13(8-14(25)26)18(30)21-9-15(27)28/h2-6,10,12-13,16,24H,7-9,20H2,1H3,(H,21,30)(H,22,31)(H,23,29)(H,25,26)(H,27,28). The number of aliphatic carboxylic acids is 2. The van der Waals surface area contributed by atoms with Crippen LogP contribution in [0.1, 0.15) is 18.9 Å². The summed E-state index contributed by atoms with van der Waals surface area (Å²) in [5, 5.41) is 33.8. The second-order valence-electron chi connectivity index (χ2n) is 6.79. The van der Waals surface area contributed by atoms with Crippen LogP contribution in [0.3, 0.4) is 0 Å². The van der Waals surface area contributed by atoms with E-state index in [-0.39, 0.29) is 6.42 Å². The number of rotatable bonds is 12. The summed E-state index contributed by atoms with van der Waals surface area (Å²) in [4.78, 5) is 58.5. The zero-order valence-corrected chi connectivity index (χ0v) is 16.8. The number of hydrogen-bond acceptors (Lipinski definition) is 7. The van der Waals surface area contributed by atoms with Gasteiger partial charge in [0.15, 0.2) is 0 Å². The minimum atomic E-state index is -1.62. The maximum atomic E-state index is 12.5. The van der Waals surface area contributed by atoms with Gasteiger partial charge in [-0.25, -0.2) is 0 Å². The minimum absolute atomic E-state index is 0.167. The summed E-state index contributed by atoms with van der Waals surface area (Å²) in [5.41, 5.74) is 6.64. The van der Waals surface area contributed by atoms with E-state index in [0.29, 0.717) is 0 Å². The molecule has 0 fully saturated rings. The summed E-state index contributed by atoms with van der Waals surface area (Å²) in [6.45, 7) is 0.430. The third-order valence-corrected chi connectivity index (χ3v) is 4.12. The maximum Gasteiger partial charge on any atom is 0.322 e. The number of carboxylic acid groups (broad SMARTS) is 2. The number of carboxylic acids is 2. The Balaban J connectivity index is 2.82. The van der Waals surface area contributed by atoms with Gasteiger partial charge in [-0.05, 0) is 18.9 Å². The van der Waals surface area contributed by atoms with E-state index >= 15 is 0 Å². The number of nitrogens with two attached hydrogens (primary N) is 1. The molecule has 12 heteroatoms. The fourth-order valence-corrected chi connectivity index (χ4v) is 2.56. The van der Waals surface area contributed by atoms with Crippen LogP contribution in [-0.4, -0.2) is 75.8 Å². The van der Waals surface area contributed by atoms with Gasteiger partial charge < -0.3 is 37.0 Å². The lowest BCUT2D eigenvalue weighted by atomic mass is 10.0. The molecule has 4 unspecified atom stereocenters. The van der Waals surface area contributed by atoms with Crippen molar-refractivity contribution in [2.24, 2.45) is 5.73 Å². The first-order valence-corrected chi connectivity index (χ1v) is 9.30. The number of carbonyl (C=O) groups is 5. The molecule has 0 spiro atoms. The van der Waals surface area contributed by atoms with E-state index in [4.69, 9.17) is 15.9 Å². The van der Waals surface area contributed by atoms with Crippen molar-refractivity contribution in [3.63, 3.8) is 0 Å². The van der Waals surface area contributed by atoms with Crippen molar-refractivity contribution in [1.82, 2.24) is 16.0 Å². The van der Waals surface area contributed by atoms with Crippen LogP contribution in [0, 0.1) is 0 Å². The Bertz CT molecular complexity index is 799. The van der Waals surface area contributed by atoms with E-state index in [2.05, 4.69) is 10.6 Å². The molecule has 1 rings (SSSR count). The number of aliphatic hydroxyl groups is 1. The van der Waals surface area contributed by atoms with Crippen LogP contribution in [0.4, 0.5) is 0 Å². The second-order valence-corrected chi connectivity index (χ2v) is 6.79. The Labute approximate surface area is 177 Å². The third kappa shape index (κ3) is 9.23. The smallest absolute Gasteiger partial charge is 0.322 e. The Morgan fingerprint density at radius 1 is 0.935 bits per heavy atom. The van der Waals surface area contributed by atoms with Crippen LogP contribution in [-0.2, 0) is 30.4 Å². The van der Waals surface area contributed by atoms with Crippen LogP contribution in [0.5, 0.6) is 0 Å². The molecule has 0 bridgehead atoms. The van der Waals surface area contributed by atoms with Gasteiger partial charge in [0.25, 0.3) is 0 Å². The van der Waals surface area contributed by atoms with Gasteiger partial charge in [0, 0.05) is 0 Å². The minimum Gasteiger partial charge on any atom is -0.481 e. The fraction of sp³-hybridized carbons (Fsp3) is 0.421. The molecule has 0 aromatic heterocycles. The summed E-state index contributed by atoms with van der Waals surface area (Å²) in [6, 6.07) is 4.66. The highest BCUT2D eigenvalue weighted by molar-refractivity contribution is 5.95. The van der Waals surface area contributed by atoms with Crippen LogP contribution in [0.2, 0.25) is 0 Å². The molecule has 3 amide bonds. The average Bonchev–Trinajstić information content (AvgIpc) is 2.69. The monoisotopic (exact) mass is 438 g/mol. The Morgan fingerprint density at radius 2 is 1.55 bits per heavy atom. The number of carbonyl (C=O) groups excluding carboxylic acids is 3. The molecule has 0 aliphatic heterocycles. The Morgan fingerprint density at radius 3 is 2.06 bits per heavy atom. The van der Waals surface area contributed by atoms with Crippen LogP contribution >= 0.6 is 0 Å². The molecule has 0 aliphatic rings. The highest BCUT2D eigenvalue weighted by Crippen LogP contribution is 2.04. The molecular formula is C19H26N4O8. The van der Waals surface area contributed by atoms with Crippen molar-refractivity contribution >= 4 is 29.7 Å². The summed E-state index contributed by atoms with van der Waals surface area (Å²) in [5.74, 6) is -5.62. The number of hydrogen-bond donors (Lipinski definition) is 7. The lowest BCUT2D eigenvalue weighted by Crippen LogP contribution is -2.59. The van der Waals surface area contributed by atoms with Crippen molar-refractivity contribution in [1.29, 1.82) is 0 Å². The first-order valence-electron chi connectivity index (χ1n) is 9.30. The highest BCUT2D eigenvalue weighted by atomic mass is 16.4. The topological polar surface area (TPSA) is 208 Å². The SMILES string of the molecule is CC(O)C(NC(=O)C(N)Cc1ccccc1)C(=O)NC(CC(=O)O)C(=O)NCC(=O)O.